The van der Waals surface area contributed by atoms with Gasteiger partial charge in [-0.15, -0.1) is 6.58 Å². The highest BCUT2D eigenvalue weighted by atomic mass is 16.6. The van der Waals surface area contributed by atoms with Gasteiger partial charge in [-0.05, 0) is 64.2 Å². The van der Waals surface area contributed by atoms with Crippen molar-refractivity contribution >= 4 is 11.9 Å². The molecule has 14 nitrogen and oxygen atoms in total. The molecular formula is C57H54O14. The molecule has 14 heteroatoms. The van der Waals surface area contributed by atoms with Crippen LogP contribution >= 0.6 is 0 Å². The smallest absolute Gasteiger partial charge is 0.338 e. The van der Waals surface area contributed by atoms with E-state index in [1.54, 1.807) is 31.4 Å². The van der Waals surface area contributed by atoms with Crippen molar-refractivity contribution in [1.29, 1.82) is 0 Å². The van der Waals surface area contributed by atoms with E-state index in [9.17, 15) is 30.0 Å². The number of carbonyl (C=O) groups excluding carboxylic acids is 2. The summed E-state index contributed by atoms with van der Waals surface area (Å²) in [6, 6.07) is 48.2. The van der Waals surface area contributed by atoms with Crippen LogP contribution < -0.4 is 14.2 Å². The third-order valence-corrected chi connectivity index (χ3v) is 11.1. The van der Waals surface area contributed by atoms with E-state index in [2.05, 4.69) is 6.58 Å². The lowest BCUT2D eigenvalue weighted by Crippen LogP contribution is -2.51. The quantitative estimate of drug-likeness (QED) is 0.0313. The van der Waals surface area contributed by atoms with Gasteiger partial charge in [0.2, 0.25) is 11.5 Å². The van der Waals surface area contributed by atoms with E-state index in [0.29, 0.717) is 11.3 Å². The molecule has 366 valence electrons. The van der Waals surface area contributed by atoms with Gasteiger partial charge in [0.1, 0.15) is 43.9 Å². The zero-order valence-corrected chi connectivity index (χ0v) is 38.9. The molecule has 7 aromatic carbocycles. The lowest BCUT2D eigenvalue weighted by molar-refractivity contribution is -0.171. The molecule has 0 heterocycles. The summed E-state index contributed by atoms with van der Waals surface area (Å²) in [5, 5.41) is 44.0. The zero-order chi connectivity index (χ0) is 50.0. The van der Waals surface area contributed by atoms with Crippen LogP contribution in [0.25, 0.3) is 0 Å². The largest absolute Gasteiger partial charge is 0.504 e. The Labute approximate surface area is 411 Å². The first-order valence-corrected chi connectivity index (χ1v) is 22.6. The second kappa shape index (κ2) is 25.3. The van der Waals surface area contributed by atoms with Crippen LogP contribution in [0.2, 0.25) is 0 Å². The molecule has 0 aliphatic carbocycles. The van der Waals surface area contributed by atoms with Crippen LogP contribution in [0.3, 0.4) is 0 Å². The molecule has 0 aliphatic heterocycles. The van der Waals surface area contributed by atoms with Crippen molar-refractivity contribution in [1.82, 2.24) is 0 Å². The fourth-order valence-electron chi connectivity index (χ4n) is 7.35. The average molecular weight is 963 g/mol. The zero-order valence-electron chi connectivity index (χ0n) is 38.9. The molecule has 0 saturated carbocycles. The Bertz CT molecular complexity index is 2740. The highest BCUT2D eigenvalue weighted by Crippen LogP contribution is 2.39. The van der Waals surface area contributed by atoms with Crippen LogP contribution in [0.1, 0.15) is 48.5 Å². The number of aromatic hydroxyl groups is 4. The minimum atomic E-state index is -1.43. The van der Waals surface area contributed by atoms with Gasteiger partial charge in [-0.3, -0.25) is 0 Å². The standard InChI is InChI=1S/C57H54O14/c1-3-50(65-32-38-16-8-4-9-17-38)55(71-57(63)44-30-48(60)53(49(61)31-44)68-35-40-20-12-6-13-21-40)54(69-36-41-22-14-7-15-23-41)51(66-33-42-24-26-45(64-2)27-25-42)37-70-56(62)43-28-46(58)52(47(59)29-43)67-34-39-18-10-5-11-19-39/h3-31,50-51,54-55,58-61H,1,32-37H2,2H3. The third kappa shape index (κ3) is 14.4. The first kappa shape index (κ1) is 50.6. The monoisotopic (exact) mass is 962 g/mol. The summed E-state index contributed by atoms with van der Waals surface area (Å²) >= 11 is 0. The molecular weight excluding hydrogens is 909 g/mol. The summed E-state index contributed by atoms with van der Waals surface area (Å²) in [6.45, 7) is 3.47. The molecule has 71 heavy (non-hydrogen) atoms. The van der Waals surface area contributed by atoms with Gasteiger partial charge >= 0.3 is 11.9 Å². The summed E-state index contributed by atoms with van der Waals surface area (Å²) in [5.41, 5.74) is 3.31. The summed E-state index contributed by atoms with van der Waals surface area (Å²) in [6.07, 6.45) is -3.70. The summed E-state index contributed by atoms with van der Waals surface area (Å²) in [4.78, 5) is 28.3. The Morgan fingerprint density at radius 1 is 0.493 bits per heavy atom. The molecule has 0 aliphatic rings. The SMILES string of the molecule is C=CC(OCc1ccccc1)C(OC(=O)c1cc(O)c(OCc2ccccc2)c(O)c1)C(OCc1ccccc1)C(COC(=O)c1cc(O)c(OCc2ccccc2)c(O)c1)OCc1ccc(OC)cc1. The first-order valence-electron chi connectivity index (χ1n) is 22.6. The second-order valence-corrected chi connectivity index (χ2v) is 16.2. The van der Waals surface area contributed by atoms with Crippen LogP contribution in [0, 0.1) is 0 Å². The minimum Gasteiger partial charge on any atom is -0.504 e. The van der Waals surface area contributed by atoms with Crippen molar-refractivity contribution in [2.75, 3.05) is 13.7 Å². The van der Waals surface area contributed by atoms with Crippen LogP contribution in [-0.2, 0) is 56.7 Å². The first-order chi connectivity index (χ1) is 34.6. The molecule has 0 saturated heterocycles. The number of hydrogen-bond donors (Lipinski definition) is 4. The van der Waals surface area contributed by atoms with Crippen molar-refractivity contribution in [3.05, 3.63) is 221 Å². The molecule has 4 unspecified atom stereocenters. The highest BCUT2D eigenvalue weighted by Gasteiger charge is 2.41. The number of rotatable bonds is 25. The average Bonchev–Trinajstić information content (AvgIpc) is 3.39. The minimum absolute atomic E-state index is 0.0212. The van der Waals surface area contributed by atoms with Crippen molar-refractivity contribution in [3.63, 3.8) is 0 Å². The number of esters is 2. The lowest BCUT2D eigenvalue weighted by atomic mass is 10.0. The van der Waals surface area contributed by atoms with Crippen LogP contribution in [0.4, 0.5) is 0 Å². The van der Waals surface area contributed by atoms with Gasteiger partial charge in [0, 0.05) is 0 Å². The Morgan fingerprint density at radius 3 is 1.32 bits per heavy atom. The number of phenolic OH excluding ortho intramolecular Hbond substituents is 4. The highest BCUT2D eigenvalue weighted by molar-refractivity contribution is 5.92. The third-order valence-electron chi connectivity index (χ3n) is 11.1. The maximum Gasteiger partial charge on any atom is 0.338 e. The topological polar surface area (TPSA) is 189 Å². The van der Waals surface area contributed by atoms with E-state index in [0.717, 1.165) is 46.5 Å². The van der Waals surface area contributed by atoms with Gasteiger partial charge in [0.05, 0.1) is 38.1 Å². The molecule has 0 fully saturated rings. The van der Waals surface area contributed by atoms with Crippen molar-refractivity contribution in [2.24, 2.45) is 0 Å². The molecule has 4 atom stereocenters. The van der Waals surface area contributed by atoms with E-state index in [-0.39, 0.29) is 55.7 Å². The van der Waals surface area contributed by atoms with E-state index in [1.165, 1.54) is 6.08 Å². The van der Waals surface area contributed by atoms with E-state index >= 15 is 0 Å². The predicted octanol–water partition coefficient (Wildman–Crippen LogP) is 10.0. The Hall–Kier alpha value is -8.30. The van der Waals surface area contributed by atoms with Gasteiger partial charge in [0.15, 0.2) is 29.1 Å². The molecule has 4 N–H and O–H groups in total. The Morgan fingerprint density at radius 2 is 0.887 bits per heavy atom. The molecule has 0 spiro atoms. The molecule has 0 radical (unpaired) electrons. The summed E-state index contributed by atoms with van der Waals surface area (Å²) < 4.78 is 48.7. The van der Waals surface area contributed by atoms with E-state index in [1.807, 2.05) is 121 Å². The normalized spacial score (nSPS) is 12.7. The summed E-state index contributed by atoms with van der Waals surface area (Å²) in [5.74, 6) is -3.90. The molecule has 0 amide bonds. The maximum atomic E-state index is 14.4. The number of phenols is 4. The van der Waals surface area contributed by atoms with Gasteiger partial charge in [-0.1, -0.05) is 140 Å². The Kier molecular flexibility index (Phi) is 18.1. The molecule has 0 aromatic heterocycles. The van der Waals surface area contributed by atoms with Gasteiger partial charge < -0.3 is 58.3 Å². The second-order valence-electron chi connectivity index (χ2n) is 16.2. The Balaban J connectivity index is 1.23. The number of hydrogen-bond acceptors (Lipinski definition) is 14. The maximum absolute atomic E-state index is 14.4. The molecule has 7 rings (SSSR count). The van der Waals surface area contributed by atoms with E-state index in [4.69, 9.17) is 37.9 Å². The fourth-order valence-corrected chi connectivity index (χ4v) is 7.35. The number of methoxy groups -OCH3 is 1. The molecule has 7 aromatic rings. The van der Waals surface area contributed by atoms with Crippen LogP contribution in [-0.4, -0.2) is 70.5 Å². The number of carbonyl (C=O) groups is 2. The van der Waals surface area contributed by atoms with Crippen molar-refractivity contribution in [3.8, 4) is 40.2 Å². The van der Waals surface area contributed by atoms with Crippen LogP contribution in [0.5, 0.6) is 40.2 Å². The van der Waals surface area contributed by atoms with Gasteiger partial charge in [-0.25, -0.2) is 9.59 Å². The summed E-state index contributed by atoms with van der Waals surface area (Å²) in [7, 11) is 1.55. The predicted molar refractivity (Wildman–Crippen MR) is 262 cm³/mol. The van der Waals surface area contributed by atoms with Crippen LogP contribution in [0.15, 0.2) is 183 Å². The van der Waals surface area contributed by atoms with Crippen molar-refractivity contribution in [2.45, 2.75) is 57.5 Å². The van der Waals surface area contributed by atoms with Gasteiger partial charge in [0.25, 0.3) is 0 Å². The fraction of sp³-hybridized carbons (Fsp3) is 0.193. The molecule has 0 bridgehead atoms. The number of benzene rings is 7. The number of ether oxygens (including phenoxy) is 8. The van der Waals surface area contributed by atoms with Crippen molar-refractivity contribution < 1.29 is 67.9 Å². The van der Waals surface area contributed by atoms with E-state index < -0.39 is 66.0 Å². The van der Waals surface area contributed by atoms with Gasteiger partial charge in [-0.2, -0.15) is 0 Å². The lowest BCUT2D eigenvalue weighted by Gasteiger charge is -2.36.